The molecule has 0 aromatic carbocycles. The molecule has 8 heteroatoms. The van der Waals surface area contributed by atoms with Crippen molar-refractivity contribution in [2.75, 3.05) is 56.7 Å². The lowest BCUT2D eigenvalue weighted by Crippen LogP contribution is -2.53. The Bertz CT molecular complexity index is 487. The zero-order valence-electron chi connectivity index (χ0n) is 11.9. The van der Waals surface area contributed by atoms with Crippen molar-refractivity contribution in [2.24, 2.45) is 0 Å². The minimum Gasteiger partial charge on any atom is -0.300 e. The summed E-state index contributed by atoms with van der Waals surface area (Å²) < 4.78 is 44.6. The third-order valence-corrected chi connectivity index (χ3v) is 5.23. The van der Waals surface area contributed by atoms with Gasteiger partial charge in [0.15, 0.2) is 0 Å². The first-order chi connectivity index (χ1) is 8.57. The van der Waals surface area contributed by atoms with Crippen LogP contribution in [0.1, 0.15) is 6.92 Å². The summed E-state index contributed by atoms with van der Waals surface area (Å²) in [5, 5.41) is 0. The molecule has 1 atom stereocenters. The van der Waals surface area contributed by atoms with Crippen molar-refractivity contribution in [1.29, 1.82) is 0 Å². The van der Waals surface area contributed by atoms with Crippen LogP contribution in [0.4, 0.5) is 0 Å². The maximum absolute atomic E-state index is 11.2. The van der Waals surface area contributed by atoms with E-state index in [1.165, 1.54) is 12.5 Å². The molecule has 0 spiro atoms. The van der Waals surface area contributed by atoms with Gasteiger partial charge in [-0.2, -0.15) is 0 Å². The topological polar surface area (TPSA) is 74.8 Å². The van der Waals surface area contributed by atoms with Gasteiger partial charge in [0.1, 0.15) is 19.7 Å². The first-order valence-corrected chi connectivity index (χ1v) is 10.5. The molecule has 0 bridgehead atoms. The Labute approximate surface area is 116 Å². The number of hydrogen-bond donors (Lipinski definition) is 0. The van der Waals surface area contributed by atoms with Gasteiger partial charge in [-0.25, -0.2) is 16.8 Å². The molecule has 0 radical (unpaired) electrons. The van der Waals surface area contributed by atoms with E-state index in [9.17, 15) is 16.8 Å². The Hall–Kier alpha value is -0.180. The Morgan fingerprint density at radius 2 is 1.47 bits per heavy atom. The maximum atomic E-state index is 11.2. The standard InChI is InChI=1S/C11H24N2O4S2/c1-11-10-12(6-8-18(2,14)15)4-5-13(11)7-9-19(3,16)17/h11H,4-10H2,1-3H3. The van der Waals surface area contributed by atoms with Gasteiger partial charge in [-0.3, -0.25) is 9.80 Å². The lowest BCUT2D eigenvalue weighted by molar-refractivity contribution is 0.0929. The first-order valence-electron chi connectivity index (χ1n) is 6.39. The fraction of sp³-hybridized carbons (Fsp3) is 1.00. The Morgan fingerprint density at radius 3 is 1.95 bits per heavy atom. The van der Waals surface area contributed by atoms with E-state index in [1.807, 2.05) is 0 Å². The van der Waals surface area contributed by atoms with E-state index < -0.39 is 19.7 Å². The fourth-order valence-corrected chi connectivity index (χ4v) is 3.34. The van der Waals surface area contributed by atoms with Gasteiger partial charge in [0.25, 0.3) is 0 Å². The van der Waals surface area contributed by atoms with Gasteiger partial charge >= 0.3 is 0 Å². The SMILES string of the molecule is CC1CN(CCS(C)(=O)=O)CCN1CCS(C)(=O)=O. The van der Waals surface area contributed by atoms with Crippen LogP contribution in [0.3, 0.4) is 0 Å². The van der Waals surface area contributed by atoms with E-state index in [4.69, 9.17) is 0 Å². The van der Waals surface area contributed by atoms with Crippen molar-refractivity contribution in [3.63, 3.8) is 0 Å². The molecule has 0 aromatic rings. The number of hydrogen-bond acceptors (Lipinski definition) is 6. The molecule has 1 aliphatic heterocycles. The van der Waals surface area contributed by atoms with Crippen LogP contribution < -0.4 is 0 Å². The Kier molecular flexibility index (Phi) is 5.78. The maximum Gasteiger partial charge on any atom is 0.148 e. The van der Waals surface area contributed by atoms with Gasteiger partial charge < -0.3 is 0 Å². The van der Waals surface area contributed by atoms with E-state index in [0.29, 0.717) is 13.1 Å². The summed E-state index contributed by atoms with van der Waals surface area (Å²) in [6, 6.07) is 0.259. The lowest BCUT2D eigenvalue weighted by atomic mass is 10.2. The monoisotopic (exact) mass is 312 g/mol. The highest BCUT2D eigenvalue weighted by molar-refractivity contribution is 7.90. The van der Waals surface area contributed by atoms with Crippen LogP contribution in [0.2, 0.25) is 0 Å². The second kappa shape index (κ2) is 6.51. The third-order valence-electron chi connectivity index (χ3n) is 3.38. The van der Waals surface area contributed by atoms with E-state index >= 15 is 0 Å². The molecule has 1 aliphatic rings. The lowest BCUT2D eigenvalue weighted by Gasteiger charge is -2.39. The van der Waals surface area contributed by atoms with E-state index in [-0.39, 0.29) is 17.5 Å². The van der Waals surface area contributed by atoms with Crippen molar-refractivity contribution in [1.82, 2.24) is 9.80 Å². The summed E-state index contributed by atoms with van der Waals surface area (Å²) in [5.74, 6) is 0.365. The highest BCUT2D eigenvalue weighted by Gasteiger charge is 2.24. The average Bonchev–Trinajstić information content (AvgIpc) is 2.22. The molecule has 1 unspecified atom stereocenters. The molecule has 1 rings (SSSR count). The second-order valence-electron chi connectivity index (χ2n) is 5.45. The van der Waals surface area contributed by atoms with E-state index in [0.717, 1.165) is 19.6 Å². The van der Waals surface area contributed by atoms with Crippen molar-refractivity contribution < 1.29 is 16.8 Å². The van der Waals surface area contributed by atoms with Crippen LogP contribution in [-0.4, -0.2) is 89.4 Å². The molecule has 1 saturated heterocycles. The molecule has 0 aromatic heterocycles. The summed E-state index contributed by atoms with van der Waals surface area (Å²) in [5.41, 5.74) is 0. The molecular formula is C11H24N2O4S2. The summed E-state index contributed by atoms with van der Waals surface area (Å²) in [6.45, 7) is 5.54. The smallest absolute Gasteiger partial charge is 0.148 e. The van der Waals surface area contributed by atoms with Crippen LogP contribution in [0, 0.1) is 0 Å². The van der Waals surface area contributed by atoms with E-state index in [2.05, 4.69) is 16.7 Å². The first kappa shape index (κ1) is 16.9. The predicted octanol–water partition coefficient (Wildman–Crippen LogP) is -0.918. The average molecular weight is 312 g/mol. The Morgan fingerprint density at radius 1 is 0.947 bits per heavy atom. The molecular weight excluding hydrogens is 288 g/mol. The minimum atomic E-state index is -2.92. The minimum absolute atomic E-state index is 0.181. The zero-order chi connectivity index (χ0) is 14.7. The van der Waals surface area contributed by atoms with Gasteiger partial charge in [0.2, 0.25) is 0 Å². The Balaban J connectivity index is 2.39. The van der Waals surface area contributed by atoms with Crippen LogP contribution in [-0.2, 0) is 19.7 Å². The third kappa shape index (κ3) is 7.24. The summed E-state index contributed by atoms with van der Waals surface area (Å²) >= 11 is 0. The van der Waals surface area contributed by atoms with Gasteiger partial charge in [-0.05, 0) is 6.92 Å². The van der Waals surface area contributed by atoms with Crippen LogP contribution in [0.25, 0.3) is 0 Å². The van der Waals surface area contributed by atoms with Crippen molar-refractivity contribution in [3.05, 3.63) is 0 Å². The van der Waals surface area contributed by atoms with Gasteiger partial charge in [0, 0.05) is 51.3 Å². The van der Waals surface area contributed by atoms with Crippen molar-refractivity contribution in [3.8, 4) is 0 Å². The molecule has 6 nitrogen and oxygen atoms in total. The van der Waals surface area contributed by atoms with Crippen molar-refractivity contribution >= 4 is 19.7 Å². The van der Waals surface area contributed by atoms with Gasteiger partial charge in [-0.15, -0.1) is 0 Å². The number of nitrogens with zero attached hydrogens (tertiary/aromatic N) is 2. The normalized spacial score (nSPS) is 23.6. The molecule has 1 fully saturated rings. The highest BCUT2D eigenvalue weighted by Crippen LogP contribution is 2.09. The zero-order valence-corrected chi connectivity index (χ0v) is 13.5. The van der Waals surface area contributed by atoms with Crippen molar-refractivity contribution in [2.45, 2.75) is 13.0 Å². The number of piperazine rings is 1. The van der Waals surface area contributed by atoms with Crippen LogP contribution in [0.5, 0.6) is 0 Å². The number of rotatable bonds is 6. The van der Waals surface area contributed by atoms with E-state index in [1.54, 1.807) is 0 Å². The number of sulfone groups is 2. The summed E-state index contributed by atoms with van der Waals surface area (Å²) in [6.07, 6.45) is 2.50. The molecule has 0 amide bonds. The molecule has 114 valence electrons. The van der Waals surface area contributed by atoms with Gasteiger partial charge in [-0.1, -0.05) is 0 Å². The summed E-state index contributed by atoms with van der Waals surface area (Å²) in [7, 11) is -5.84. The molecule has 0 saturated carbocycles. The molecule has 1 heterocycles. The fourth-order valence-electron chi connectivity index (χ4n) is 2.18. The molecule has 0 N–H and O–H groups in total. The van der Waals surface area contributed by atoms with Crippen LogP contribution >= 0.6 is 0 Å². The molecule has 0 aliphatic carbocycles. The predicted molar refractivity (Wildman–Crippen MR) is 76.9 cm³/mol. The van der Waals surface area contributed by atoms with Crippen LogP contribution in [0.15, 0.2) is 0 Å². The quantitative estimate of drug-likeness (QED) is 0.632. The summed E-state index contributed by atoms with van der Waals surface area (Å²) in [4.78, 5) is 4.28. The molecule has 19 heavy (non-hydrogen) atoms. The second-order valence-corrected chi connectivity index (χ2v) is 9.96. The highest BCUT2D eigenvalue weighted by atomic mass is 32.2. The van der Waals surface area contributed by atoms with Gasteiger partial charge in [0.05, 0.1) is 11.5 Å². The largest absolute Gasteiger partial charge is 0.300 e.